The zero-order chi connectivity index (χ0) is 14.8. The van der Waals surface area contributed by atoms with Crippen molar-refractivity contribution < 1.29 is 4.39 Å². The molecule has 1 aliphatic rings. The highest BCUT2D eigenvalue weighted by Crippen LogP contribution is 2.46. The Hall–Kier alpha value is -0.600. The third-order valence-electron chi connectivity index (χ3n) is 4.66. The average Bonchev–Trinajstić information content (AvgIpc) is 2.81. The summed E-state index contributed by atoms with van der Waals surface area (Å²) in [6, 6.07) is 4.73. The largest absolute Gasteiger partial charge is 0.327 e. The Morgan fingerprint density at radius 3 is 2.50 bits per heavy atom. The Balaban J connectivity index is 2.14. The van der Waals surface area contributed by atoms with Crippen molar-refractivity contribution in [3.8, 4) is 0 Å². The van der Waals surface area contributed by atoms with Crippen molar-refractivity contribution in [2.45, 2.75) is 58.4 Å². The summed E-state index contributed by atoms with van der Waals surface area (Å²) in [6.07, 6.45) is 6.89. The molecule has 1 unspecified atom stereocenters. The van der Waals surface area contributed by atoms with Gasteiger partial charge in [-0.25, -0.2) is 4.39 Å². The summed E-state index contributed by atoms with van der Waals surface area (Å²) in [7, 11) is 0. The van der Waals surface area contributed by atoms with Crippen LogP contribution in [0.15, 0.2) is 18.2 Å². The zero-order valence-corrected chi connectivity index (χ0v) is 13.2. The standard InChI is InChI=1S/C17H25ClFN/c1-12(2)11-17(7-3-4-8-17)16(20)9-13-5-6-14(19)10-15(13)18/h5-6,10,12,16H,3-4,7-9,11,20H2,1-2H3. The number of hydrogen-bond donors (Lipinski definition) is 1. The van der Waals surface area contributed by atoms with Crippen molar-refractivity contribution in [1.82, 2.24) is 0 Å². The van der Waals surface area contributed by atoms with E-state index in [0.717, 1.165) is 12.0 Å². The topological polar surface area (TPSA) is 26.0 Å². The second-order valence-corrected chi connectivity index (χ2v) is 7.12. The number of benzene rings is 1. The second-order valence-electron chi connectivity index (χ2n) is 6.71. The van der Waals surface area contributed by atoms with Gasteiger partial charge in [0.2, 0.25) is 0 Å². The van der Waals surface area contributed by atoms with E-state index in [2.05, 4.69) is 13.8 Å². The number of nitrogens with two attached hydrogens (primary N) is 1. The minimum absolute atomic E-state index is 0.107. The lowest BCUT2D eigenvalue weighted by molar-refractivity contribution is 0.181. The van der Waals surface area contributed by atoms with Crippen molar-refractivity contribution >= 4 is 11.6 Å². The molecule has 1 aromatic carbocycles. The molecule has 0 saturated heterocycles. The van der Waals surface area contributed by atoms with Crippen LogP contribution in [0.3, 0.4) is 0 Å². The summed E-state index contributed by atoms with van der Waals surface area (Å²) in [6.45, 7) is 4.52. The van der Waals surface area contributed by atoms with E-state index in [-0.39, 0.29) is 17.3 Å². The average molecular weight is 298 g/mol. The summed E-state index contributed by atoms with van der Waals surface area (Å²) in [5, 5.41) is 0.498. The normalized spacial score (nSPS) is 19.5. The van der Waals surface area contributed by atoms with Gasteiger partial charge in [-0.15, -0.1) is 0 Å². The lowest BCUT2D eigenvalue weighted by atomic mass is 9.71. The van der Waals surface area contributed by atoms with Crippen LogP contribution in [0.25, 0.3) is 0 Å². The zero-order valence-electron chi connectivity index (χ0n) is 12.5. The van der Waals surface area contributed by atoms with Crippen molar-refractivity contribution in [2.24, 2.45) is 17.1 Å². The van der Waals surface area contributed by atoms with Gasteiger partial charge in [-0.3, -0.25) is 0 Å². The first-order valence-corrected chi connectivity index (χ1v) is 8.00. The van der Waals surface area contributed by atoms with E-state index in [0.29, 0.717) is 10.9 Å². The van der Waals surface area contributed by atoms with Gasteiger partial charge in [0.05, 0.1) is 0 Å². The first-order chi connectivity index (χ1) is 9.43. The van der Waals surface area contributed by atoms with Gasteiger partial charge in [-0.05, 0) is 54.7 Å². The third-order valence-corrected chi connectivity index (χ3v) is 5.01. The molecule has 0 spiro atoms. The predicted molar refractivity (Wildman–Crippen MR) is 83.4 cm³/mol. The molecule has 20 heavy (non-hydrogen) atoms. The molecule has 0 amide bonds. The number of hydrogen-bond acceptors (Lipinski definition) is 1. The van der Waals surface area contributed by atoms with E-state index < -0.39 is 0 Å². The van der Waals surface area contributed by atoms with E-state index >= 15 is 0 Å². The Labute approximate surface area is 126 Å². The highest BCUT2D eigenvalue weighted by atomic mass is 35.5. The van der Waals surface area contributed by atoms with Gasteiger partial charge in [0.1, 0.15) is 5.82 Å². The Bertz CT molecular complexity index is 452. The summed E-state index contributed by atoms with van der Waals surface area (Å²) >= 11 is 6.14. The summed E-state index contributed by atoms with van der Waals surface area (Å²) in [4.78, 5) is 0. The molecule has 0 aliphatic heterocycles. The summed E-state index contributed by atoms with van der Waals surface area (Å²) < 4.78 is 13.1. The molecule has 1 aromatic rings. The van der Waals surface area contributed by atoms with Gasteiger partial charge >= 0.3 is 0 Å². The van der Waals surface area contributed by atoms with Crippen LogP contribution >= 0.6 is 11.6 Å². The fourth-order valence-corrected chi connectivity index (χ4v) is 4.00. The van der Waals surface area contributed by atoms with E-state index in [4.69, 9.17) is 17.3 Å². The molecule has 1 nitrogen and oxygen atoms in total. The summed E-state index contributed by atoms with van der Waals surface area (Å²) in [5.74, 6) is 0.368. The number of halogens is 2. The van der Waals surface area contributed by atoms with Crippen LogP contribution < -0.4 is 5.73 Å². The molecule has 0 radical (unpaired) electrons. The molecule has 0 heterocycles. The van der Waals surface area contributed by atoms with Crippen LogP contribution in [0.4, 0.5) is 4.39 Å². The van der Waals surface area contributed by atoms with Crippen LogP contribution in [0.1, 0.15) is 51.5 Å². The lowest BCUT2D eigenvalue weighted by Crippen LogP contribution is -2.42. The number of rotatable bonds is 5. The molecule has 1 aliphatic carbocycles. The van der Waals surface area contributed by atoms with E-state index in [1.54, 1.807) is 6.07 Å². The van der Waals surface area contributed by atoms with Gasteiger partial charge in [0.15, 0.2) is 0 Å². The smallest absolute Gasteiger partial charge is 0.124 e. The molecule has 3 heteroatoms. The van der Waals surface area contributed by atoms with Crippen LogP contribution in [-0.4, -0.2) is 6.04 Å². The SMILES string of the molecule is CC(C)CC1(C(N)Cc2ccc(F)cc2Cl)CCCC1. The van der Waals surface area contributed by atoms with E-state index in [1.165, 1.54) is 44.2 Å². The van der Waals surface area contributed by atoms with Crippen LogP contribution in [0, 0.1) is 17.2 Å². The highest BCUT2D eigenvalue weighted by molar-refractivity contribution is 6.31. The molecule has 0 aromatic heterocycles. The summed E-state index contributed by atoms with van der Waals surface area (Å²) in [5.41, 5.74) is 7.76. The molecule has 1 fully saturated rings. The van der Waals surface area contributed by atoms with E-state index in [1.807, 2.05) is 0 Å². The van der Waals surface area contributed by atoms with Crippen molar-refractivity contribution in [1.29, 1.82) is 0 Å². The highest BCUT2D eigenvalue weighted by Gasteiger charge is 2.39. The Morgan fingerprint density at radius 1 is 1.30 bits per heavy atom. The lowest BCUT2D eigenvalue weighted by Gasteiger charge is -2.37. The van der Waals surface area contributed by atoms with Crippen LogP contribution in [0.2, 0.25) is 5.02 Å². The second kappa shape index (κ2) is 6.44. The first kappa shape index (κ1) is 15.8. The van der Waals surface area contributed by atoms with Gasteiger partial charge in [-0.1, -0.05) is 44.4 Å². The quantitative estimate of drug-likeness (QED) is 0.817. The molecular weight excluding hydrogens is 273 g/mol. The van der Waals surface area contributed by atoms with Crippen LogP contribution in [-0.2, 0) is 6.42 Å². The molecule has 1 saturated carbocycles. The molecular formula is C17H25ClFN. The monoisotopic (exact) mass is 297 g/mol. The van der Waals surface area contributed by atoms with Gasteiger partial charge in [0.25, 0.3) is 0 Å². The van der Waals surface area contributed by atoms with Crippen LogP contribution in [0.5, 0.6) is 0 Å². The molecule has 0 bridgehead atoms. The molecule has 112 valence electrons. The van der Waals surface area contributed by atoms with Crippen molar-refractivity contribution in [3.05, 3.63) is 34.6 Å². The molecule has 2 rings (SSSR count). The third kappa shape index (κ3) is 3.53. The predicted octanol–water partition coefficient (Wildman–Crippen LogP) is 4.96. The maximum absolute atomic E-state index is 13.1. The fourth-order valence-electron chi connectivity index (χ4n) is 3.76. The fraction of sp³-hybridized carbons (Fsp3) is 0.647. The van der Waals surface area contributed by atoms with Gasteiger partial charge < -0.3 is 5.73 Å². The van der Waals surface area contributed by atoms with Gasteiger partial charge in [-0.2, -0.15) is 0 Å². The molecule has 1 atom stereocenters. The maximum Gasteiger partial charge on any atom is 0.124 e. The minimum atomic E-state index is -0.287. The first-order valence-electron chi connectivity index (χ1n) is 7.62. The van der Waals surface area contributed by atoms with Crippen molar-refractivity contribution in [2.75, 3.05) is 0 Å². The van der Waals surface area contributed by atoms with E-state index in [9.17, 15) is 4.39 Å². The maximum atomic E-state index is 13.1. The minimum Gasteiger partial charge on any atom is -0.327 e. The Kier molecular flexibility index (Phi) is 5.09. The molecule has 2 N–H and O–H groups in total. The van der Waals surface area contributed by atoms with Gasteiger partial charge in [0, 0.05) is 11.1 Å². The Morgan fingerprint density at radius 2 is 1.95 bits per heavy atom. The van der Waals surface area contributed by atoms with Crippen molar-refractivity contribution in [3.63, 3.8) is 0 Å².